The zero-order chi connectivity index (χ0) is 10.8. The van der Waals surface area contributed by atoms with E-state index in [1.54, 1.807) is 0 Å². The van der Waals surface area contributed by atoms with Gasteiger partial charge in [-0.25, -0.2) is 0 Å². The Hall–Kier alpha value is 0. The fourth-order valence-electron chi connectivity index (χ4n) is 2.00. The van der Waals surface area contributed by atoms with E-state index in [-0.39, 0.29) is 0 Å². The lowest BCUT2D eigenvalue weighted by Crippen LogP contribution is -2.01. The third-order valence-corrected chi connectivity index (χ3v) is 2.73. The first kappa shape index (κ1) is 14.0. The predicted molar refractivity (Wildman–Crippen MR) is 66.3 cm³/mol. The van der Waals surface area contributed by atoms with Gasteiger partial charge in [-0.2, -0.15) is 0 Å². The summed E-state index contributed by atoms with van der Waals surface area (Å²) in [5.41, 5.74) is 0. The third-order valence-electron chi connectivity index (χ3n) is 2.73. The Balaban J connectivity index is 3.10. The summed E-state index contributed by atoms with van der Waals surface area (Å²) in [6, 6.07) is 0. The van der Waals surface area contributed by atoms with E-state index >= 15 is 0 Å². The maximum absolute atomic E-state index is 2.48. The first-order valence-corrected chi connectivity index (χ1v) is 6.51. The number of hydrogen-bond acceptors (Lipinski definition) is 0. The van der Waals surface area contributed by atoms with Crippen molar-refractivity contribution in [1.29, 1.82) is 0 Å². The zero-order valence-electron chi connectivity index (χ0n) is 10.7. The molecule has 0 saturated heterocycles. The topological polar surface area (TPSA) is 0 Å². The van der Waals surface area contributed by atoms with Gasteiger partial charge >= 0.3 is 0 Å². The lowest BCUT2D eigenvalue weighted by molar-refractivity contribution is 0.491. The van der Waals surface area contributed by atoms with Crippen molar-refractivity contribution in [3.05, 3.63) is 6.42 Å². The molecule has 0 rings (SSSR count). The largest absolute Gasteiger partial charge is 0.0654 e. The van der Waals surface area contributed by atoms with E-state index in [1.807, 2.05) is 0 Å². The van der Waals surface area contributed by atoms with Crippen LogP contribution in [-0.2, 0) is 0 Å². The lowest BCUT2D eigenvalue weighted by atomic mass is 9.93. The van der Waals surface area contributed by atoms with Crippen molar-refractivity contribution in [2.24, 2.45) is 11.8 Å². The van der Waals surface area contributed by atoms with Crippen LogP contribution < -0.4 is 0 Å². The first-order valence-electron chi connectivity index (χ1n) is 6.51. The Kier molecular flexibility index (Phi) is 9.55. The molecule has 0 aliphatic carbocycles. The highest BCUT2D eigenvalue weighted by atomic mass is 14.1. The van der Waals surface area contributed by atoms with Gasteiger partial charge in [-0.1, -0.05) is 72.6 Å². The van der Waals surface area contributed by atoms with Gasteiger partial charge in [-0.15, -0.1) is 0 Å². The van der Waals surface area contributed by atoms with E-state index < -0.39 is 0 Å². The zero-order valence-corrected chi connectivity index (χ0v) is 10.7. The smallest absolute Gasteiger partial charge is 0.0332 e. The second-order valence-electron chi connectivity index (χ2n) is 4.97. The molecule has 0 saturated carbocycles. The number of unbranched alkanes of at least 4 members (excludes halogenated alkanes) is 5. The van der Waals surface area contributed by atoms with Crippen molar-refractivity contribution in [3.8, 4) is 0 Å². The highest BCUT2D eigenvalue weighted by Crippen LogP contribution is 2.17. The van der Waals surface area contributed by atoms with Crippen LogP contribution in [0.3, 0.4) is 0 Å². The van der Waals surface area contributed by atoms with Gasteiger partial charge in [0.2, 0.25) is 0 Å². The van der Waals surface area contributed by atoms with E-state index in [4.69, 9.17) is 0 Å². The van der Waals surface area contributed by atoms with E-state index in [9.17, 15) is 0 Å². The summed E-state index contributed by atoms with van der Waals surface area (Å²) < 4.78 is 0. The molecule has 0 bridgehead atoms. The minimum atomic E-state index is 0.755. The van der Waals surface area contributed by atoms with Crippen LogP contribution in [0.25, 0.3) is 0 Å². The molecule has 1 atom stereocenters. The average molecular weight is 197 g/mol. The van der Waals surface area contributed by atoms with Crippen molar-refractivity contribution in [2.45, 2.75) is 72.6 Å². The van der Waals surface area contributed by atoms with Crippen LogP contribution in [0, 0.1) is 18.3 Å². The Morgan fingerprint density at radius 1 is 0.857 bits per heavy atom. The van der Waals surface area contributed by atoms with Crippen molar-refractivity contribution in [2.75, 3.05) is 0 Å². The normalized spacial score (nSPS) is 13.5. The summed E-state index contributed by atoms with van der Waals surface area (Å²) in [5, 5.41) is 0. The minimum Gasteiger partial charge on any atom is -0.0654 e. The molecule has 0 amide bonds. The van der Waals surface area contributed by atoms with Crippen molar-refractivity contribution in [1.82, 2.24) is 0 Å². The molecule has 0 aromatic carbocycles. The van der Waals surface area contributed by atoms with Crippen molar-refractivity contribution >= 4 is 0 Å². The summed E-state index contributed by atoms with van der Waals surface area (Å²) in [6.45, 7) is 9.18. The maximum atomic E-state index is 2.48. The van der Waals surface area contributed by atoms with Crippen molar-refractivity contribution in [3.63, 3.8) is 0 Å². The van der Waals surface area contributed by atoms with Crippen LogP contribution in [-0.4, -0.2) is 0 Å². The first-order chi connectivity index (χ1) is 6.66. The number of rotatable bonds is 9. The Morgan fingerprint density at radius 2 is 1.43 bits per heavy atom. The van der Waals surface area contributed by atoms with Crippen LogP contribution >= 0.6 is 0 Å². The Morgan fingerprint density at radius 3 is 2.00 bits per heavy atom. The molecule has 0 spiro atoms. The highest BCUT2D eigenvalue weighted by molar-refractivity contribution is 4.75. The molecule has 1 radical (unpaired) electrons. The molecule has 0 N–H and O–H groups in total. The van der Waals surface area contributed by atoms with Gasteiger partial charge in [0, 0.05) is 0 Å². The average Bonchev–Trinajstić information content (AvgIpc) is 2.10. The predicted octanol–water partition coefficient (Wildman–Crippen LogP) is 5.23. The summed E-state index contributed by atoms with van der Waals surface area (Å²) in [6.07, 6.45) is 12.4. The van der Waals surface area contributed by atoms with E-state index in [1.165, 1.54) is 44.9 Å². The molecular formula is C14H29. The fraction of sp³-hybridized carbons (Fsp3) is 0.929. The second-order valence-corrected chi connectivity index (χ2v) is 4.97. The highest BCUT2D eigenvalue weighted by Gasteiger charge is 2.04. The molecule has 0 heterocycles. The lowest BCUT2D eigenvalue weighted by Gasteiger charge is -2.12. The van der Waals surface area contributed by atoms with Gasteiger partial charge in [0.1, 0.15) is 0 Å². The summed E-state index contributed by atoms with van der Waals surface area (Å²) >= 11 is 0. The Bertz CT molecular complexity index is 105. The van der Waals surface area contributed by atoms with Crippen LogP contribution in [0.15, 0.2) is 0 Å². The minimum absolute atomic E-state index is 0.755. The summed E-state index contributed by atoms with van der Waals surface area (Å²) in [7, 11) is 0. The Labute approximate surface area is 91.5 Å². The molecule has 0 fully saturated rings. The van der Waals surface area contributed by atoms with Crippen LogP contribution in [0.1, 0.15) is 72.6 Å². The van der Waals surface area contributed by atoms with Gasteiger partial charge in [-0.05, 0) is 18.3 Å². The van der Waals surface area contributed by atoms with Gasteiger partial charge in [0.25, 0.3) is 0 Å². The van der Waals surface area contributed by atoms with Gasteiger partial charge in [-0.3, -0.25) is 0 Å². The standard InChI is InChI=1S/C14H29/c1-5-6-7-8-9-10-11-14(4)12-13(2)3/h12-14H,5-11H2,1-4H3. The molecule has 0 aromatic rings. The van der Waals surface area contributed by atoms with Crippen LogP contribution in [0.2, 0.25) is 0 Å². The van der Waals surface area contributed by atoms with Gasteiger partial charge < -0.3 is 0 Å². The molecule has 0 aliphatic rings. The van der Waals surface area contributed by atoms with E-state index in [2.05, 4.69) is 34.1 Å². The molecule has 0 aliphatic heterocycles. The van der Waals surface area contributed by atoms with Crippen LogP contribution in [0.4, 0.5) is 0 Å². The molecule has 0 nitrogen and oxygen atoms in total. The second kappa shape index (κ2) is 9.55. The maximum Gasteiger partial charge on any atom is -0.0332 e. The van der Waals surface area contributed by atoms with E-state index in [0.29, 0.717) is 0 Å². The molecule has 85 valence electrons. The molecule has 1 unspecified atom stereocenters. The SMILES string of the molecule is CCCCCCCCC(C)[CH]C(C)C. The summed E-state index contributed by atoms with van der Waals surface area (Å²) in [5.74, 6) is 1.58. The molecular weight excluding hydrogens is 168 g/mol. The van der Waals surface area contributed by atoms with Gasteiger partial charge in [0.05, 0.1) is 0 Å². The van der Waals surface area contributed by atoms with Crippen molar-refractivity contribution < 1.29 is 0 Å². The monoisotopic (exact) mass is 197 g/mol. The fourth-order valence-corrected chi connectivity index (χ4v) is 2.00. The van der Waals surface area contributed by atoms with Gasteiger partial charge in [0.15, 0.2) is 0 Å². The quantitative estimate of drug-likeness (QED) is 0.444. The molecule has 0 aromatic heterocycles. The molecule has 14 heavy (non-hydrogen) atoms. The van der Waals surface area contributed by atoms with Crippen LogP contribution in [0.5, 0.6) is 0 Å². The number of hydrogen-bond donors (Lipinski definition) is 0. The van der Waals surface area contributed by atoms with E-state index in [0.717, 1.165) is 11.8 Å². The third kappa shape index (κ3) is 10.1. The molecule has 0 heteroatoms. The summed E-state index contributed by atoms with van der Waals surface area (Å²) in [4.78, 5) is 0.